The summed E-state index contributed by atoms with van der Waals surface area (Å²) in [5, 5.41) is 4.26. The molecule has 1 fully saturated rings. The summed E-state index contributed by atoms with van der Waals surface area (Å²) in [6, 6.07) is 36.7. The quantitative estimate of drug-likeness (QED) is 0.221. The van der Waals surface area contributed by atoms with Gasteiger partial charge < -0.3 is 19.5 Å². The molecule has 5 aromatic rings. The Morgan fingerprint density at radius 2 is 1.49 bits per heavy atom. The molecule has 1 aliphatic rings. The number of pyridine rings is 1. The van der Waals surface area contributed by atoms with Crippen molar-refractivity contribution in [2.45, 2.75) is 32.5 Å². The number of rotatable bonds is 7. The van der Waals surface area contributed by atoms with Crippen LogP contribution in [0.1, 0.15) is 40.3 Å². The molecular weight excluding hydrogens is 500 g/mol. The molecule has 1 N–H and O–H groups in total. The van der Waals surface area contributed by atoms with Gasteiger partial charge in [0.1, 0.15) is 11.5 Å². The summed E-state index contributed by atoms with van der Waals surface area (Å²) in [5.74, 6) is 1.59. The standard InChI is InChI=1S/C33H30N4OS/c1-23-21-29(24(2)36(23)22-25-11-5-3-6-12-25)32-31(30-15-9-10-20-34-30)35-33(39)37(32)26-16-18-28(19-17-26)38-27-13-7-4-8-14-27/h3-21,31-32H,22H2,1-2H3,(H,35,39)/t31-,32+/m0/s1. The van der Waals surface area contributed by atoms with Crippen LogP contribution < -0.4 is 15.0 Å². The van der Waals surface area contributed by atoms with Crippen molar-refractivity contribution in [2.24, 2.45) is 0 Å². The highest BCUT2D eigenvalue weighted by Crippen LogP contribution is 2.43. The molecule has 0 aliphatic carbocycles. The Morgan fingerprint density at radius 1 is 0.821 bits per heavy atom. The number of nitrogens with zero attached hydrogens (tertiary/aromatic N) is 3. The molecule has 2 atom stereocenters. The van der Waals surface area contributed by atoms with Crippen LogP contribution >= 0.6 is 12.2 Å². The van der Waals surface area contributed by atoms with Gasteiger partial charge in [0.05, 0.1) is 17.8 Å². The van der Waals surface area contributed by atoms with E-state index >= 15 is 0 Å². The van der Waals surface area contributed by atoms with Gasteiger partial charge in [-0.15, -0.1) is 0 Å². The second-order valence-electron chi connectivity index (χ2n) is 9.80. The fourth-order valence-corrected chi connectivity index (χ4v) is 5.73. The number of hydrogen-bond acceptors (Lipinski definition) is 3. The Bertz CT molecular complexity index is 1570. The first-order valence-corrected chi connectivity index (χ1v) is 13.5. The molecule has 194 valence electrons. The molecule has 1 saturated heterocycles. The second kappa shape index (κ2) is 10.8. The lowest BCUT2D eigenvalue weighted by atomic mass is 9.96. The number of nitrogens with one attached hydrogen (secondary N) is 1. The zero-order valence-corrected chi connectivity index (χ0v) is 22.8. The Balaban J connectivity index is 1.38. The van der Waals surface area contributed by atoms with Crippen LogP contribution in [-0.4, -0.2) is 14.7 Å². The average Bonchev–Trinajstić information content (AvgIpc) is 3.46. The van der Waals surface area contributed by atoms with Gasteiger partial charge in [-0.2, -0.15) is 0 Å². The monoisotopic (exact) mass is 530 g/mol. The van der Waals surface area contributed by atoms with E-state index in [9.17, 15) is 0 Å². The van der Waals surface area contributed by atoms with Gasteiger partial charge in [0, 0.05) is 29.8 Å². The molecule has 0 bridgehead atoms. The third kappa shape index (κ3) is 5.03. The van der Waals surface area contributed by atoms with E-state index in [1.54, 1.807) is 0 Å². The molecule has 0 saturated carbocycles. The van der Waals surface area contributed by atoms with Crippen LogP contribution in [0.4, 0.5) is 5.69 Å². The Labute approximate surface area is 234 Å². The van der Waals surface area contributed by atoms with Crippen molar-refractivity contribution in [1.29, 1.82) is 0 Å². The zero-order chi connectivity index (χ0) is 26.8. The third-order valence-electron chi connectivity index (χ3n) is 7.31. The van der Waals surface area contributed by atoms with E-state index in [0.29, 0.717) is 5.11 Å². The van der Waals surface area contributed by atoms with E-state index in [1.165, 1.54) is 22.5 Å². The first-order chi connectivity index (χ1) is 19.1. The summed E-state index contributed by atoms with van der Waals surface area (Å²) >= 11 is 5.95. The molecule has 3 aromatic carbocycles. The first kappa shape index (κ1) is 24.9. The summed E-state index contributed by atoms with van der Waals surface area (Å²) in [7, 11) is 0. The highest BCUT2D eigenvalue weighted by Gasteiger charge is 2.42. The van der Waals surface area contributed by atoms with Gasteiger partial charge in [0.2, 0.25) is 0 Å². The largest absolute Gasteiger partial charge is 0.457 e. The smallest absolute Gasteiger partial charge is 0.174 e. The number of aromatic nitrogens is 2. The lowest BCUT2D eigenvalue weighted by molar-refractivity contribution is 0.482. The van der Waals surface area contributed by atoms with Crippen molar-refractivity contribution < 1.29 is 4.74 Å². The SMILES string of the molecule is Cc1cc([C@@H]2[C@H](c3ccccn3)NC(=S)N2c2ccc(Oc3ccccc3)cc2)c(C)n1Cc1ccccc1. The van der Waals surface area contributed by atoms with Gasteiger partial charge in [-0.05, 0) is 91.8 Å². The number of benzene rings is 3. The zero-order valence-electron chi connectivity index (χ0n) is 22.0. The minimum absolute atomic E-state index is 0.0657. The topological polar surface area (TPSA) is 42.3 Å². The molecular formula is C33H30N4OS. The summed E-state index contributed by atoms with van der Waals surface area (Å²) in [6.45, 7) is 5.20. The van der Waals surface area contributed by atoms with Crippen molar-refractivity contribution in [2.75, 3.05) is 4.90 Å². The number of aryl methyl sites for hydroxylation is 1. The minimum Gasteiger partial charge on any atom is -0.457 e. The molecule has 3 heterocycles. The van der Waals surface area contributed by atoms with Crippen molar-refractivity contribution >= 4 is 23.0 Å². The number of para-hydroxylation sites is 1. The molecule has 0 unspecified atom stereocenters. The van der Waals surface area contributed by atoms with Gasteiger partial charge in [-0.1, -0.05) is 54.6 Å². The Kier molecular flexibility index (Phi) is 6.86. The lowest BCUT2D eigenvalue weighted by Crippen LogP contribution is -2.29. The van der Waals surface area contributed by atoms with E-state index in [4.69, 9.17) is 21.9 Å². The maximum absolute atomic E-state index is 6.04. The summed E-state index contributed by atoms with van der Waals surface area (Å²) in [6.07, 6.45) is 1.84. The Hall–Kier alpha value is -4.42. The van der Waals surface area contributed by atoms with Crippen LogP contribution in [0.25, 0.3) is 0 Å². The molecule has 0 amide bonds. The van der Waals surface area contributed by atoms with E-state index in [0.717, 1.165) is 29.4 Å². The van der Waals surface area contributed by atoms with E-state index in [2.05, 4.69) is 83.2 Å². The molecule has 5 nitrogen and oxygen atoms in total. The maximum atomic E-state index is 6.04. The van der Waals surface area contributed by atoms with Crippen molar-refractivity contribution in [3.8, 4) is 11.5 Å². The summed E-state index contributed by atoms with van der Waals surface area (Å²) in [4.78, 5) is 6.93. The van der Waals surface area contributed by atoms with Gasteiger partial charge in [-0.3, -0.25) is 4.98 Å². The van der Waals surface area contributed by atoms with Crippen molar-refractivity contribution in [1.82, 2.24) is 14.9 Å². The molecule has 2 aromatic heterocycles. The number of ether oxygens (including phenoxy) is 1. The number of anilines is 1. The van der Waals surface area contributed by atoms with Gasteiger partial charge in [0.15, 0.2) is 5.11 Å². The molecule has 6 rings (SSSR count). The Morgan fingerprint density at radius 3 is 2.18 bits per heavy atom. The normalized spacial score (nSPS) is 16.8. The lowest BCUT2D eigenvalue weighted by Gasteiger charge is -2.28. The minimum atomic E-state index is -0.0929. The van der Waals surface area contributed by atoms with Crippen LogP contribution in [0, 0.1) is 13.8 Å². The van der Waals surface area contributed by atoms with Crippen LogP contribution in [0.5, 0.6) is 11.5 Å². The third-order valence-corrected chi connectivity index (χ3v) is 7.62. The maximum Gasteiger partial charge on any atom is 0.174 e. The summed E-state index contributed by atoms with van der Waals surface area (Å²) < 4.78 is 8.42. The van der Waals surface area contributed by atoms with Gasteiger partial charge in [0.25, 0.3) is 0 Å². The first-order valence-electron chi connectivity index (χ1n) is 13.1. The molecule has 0 spiro atoms. The van der Waals surface area contributed by atoms with E-state index in [-0.39, 0.29) is 12.1 Å². The van der Waals surface area contributed by atoms with Gasteiger partial charge >= 0.3 is 0 Å². The van der Waals surface area contributed by atoms with Gasteiger partial charge in [-0.25, -0.2) is 0 Å². The number of hydrogen-bond donors (Lipinski definition) is 1. The molecule has 1 aliphatic heterocycles. The molecule has 6 heteroatoms. The molecule has 0 radical (unpaired) electrons. The van der Waals surface area contributed by atoms with Crippen LogP contribution in [0.2, 0.25) is 0 Å². The fourth-order valence-electron chi connectivity index (χ4n) is 5.38. The fraction of sp³-hybridized carbons (Fsp3) is 0.152. The van der Waals surface area contributed by atoms with E-state index < -0.39 is 0 Å². The summed E-state index contributed by atoms with van der Waals surface area (Å²) in [5.41, 5.74) is 6.92. The highest BCUT2D eigenvalue weighted by atomic mass is 32.1. The highest BCUT2D eigenvalue weighted by molar-refractivity contribution is 7.80. The van der Waals surface area contributed by atoms with Crippen LogP contribution in [0.3, 0.4) is 0 Å². The van der Waals surface area contributed by atoms with Crippen molar-refractivity contribution in [3.63, 3.8) is 0 Å². The van der Waals surface area contributed by atoms with Crippen molar-refractivity contribution in [3.05, 3.63) is 144 Å². The second-order valence-corrected chi connectivity index (χ2v) is 10.2. The van der Waals surface area contributed by atoms with Crippen LogP contribution in [-0.2, 0) is 6.54 Å². The van der Waals surface area contributed by atoms with E-state index in [1.807, 2.05) is 60.8 Å². The average molecular weight is 531 g/mol. The van der Waals surface area contributed by atoms with Crippen LogP contribution in [0.15, 0.2) is 115 Å². The predicted octanol–water partition coefficient (Wildman–Crippen LogP) is 7.52. The predicted molar refractivity (Wildman–Crippen MR) is 160 cm³/mol. The molecule has 39 heavy (non-hydrogen) atoms. The number of thiocarbonyl (C=S) groups is 1.